The molecule has 0 saturated heterocycles. The Morgan fingerprint density at radius 3 is 2.56 bits per heavy atom. The van der Waals surface area contributed by atoms with Crippen molar-refractivity contribution in [2.45, 2.75) is 19.3 Å². The molecular formula is C22H21N3O2. The van der Waals surface area contributed by atoms with Crippen LogP contribution in [0.1, 0.15) is 28.8 Å². The lowest BCUT2D eigenvalue weighted by Crippen LogP contribution is -2.25. The predicted octanol–water partition coefficient (Wildman–Crippen LogP) is 3.56. The van der Waals surface area contributed by atoms with Crippen LogP contribution < -0.4 is 10.6 Å². The van der Waals surface area contributed by atoms with Crippen molar-refractivity contribution in [3.63, 3.8) is 0 Å². The molecule has 136 valence electrons. The van der Waals surface area contributed by atoms with E-state index in [4.69, 9.17) is 0 Å². The van der Waals surface area contributed by atoms with Gasteiger partial charge in [-0.1, -0.05) is 24.3 Å². The van der Waals surface area contributed by atoms with Gasteiger partial charge in [-0.05, 0) is 55.2 Å². The van der Waals surface area contributed by atoms with Gasteiger partial charge in [0.05, 0.1) is 5.52 Å². The van der Waals surface area contributed by atoms with Crippen LogP contribution in [0.5, 0.6) is 0 Å². The lowest BCUT2D eigenvalue weighted by molar-refractivity contribution is -0.117. The SMILES string of the molecule is O=C(NCCc1cccc2cccnc12)c1ccc(NC(=O)C2CC2)cc1. The number of benzene rings is 2. The van der Waals surface area contributed by atoms with Crippen LogP contribution in [0.2, 0.25) is 0 Å². The summed E-state index contributed by atoms with van der Waals surface area (Å²) in [6.07, 6.45) is 4.45. The van der Waals surface area contributed by atoms with E-state index in [2.05, 4.69) is 15.6 Å². The van der Waals surface area contributed by atoms with Crippen molar-refractivity contribution in [1.29, 1.82) is 0 Å². The summed E-state index contributed by atoms with van der Waals surface area (Å²) in [7, 11) is 0. The molecule has 1 heterocycles. The standard InChI is InChI=1S/C22H21N3O2/c26-21(17-8-10-19(11-9-17)25-22(27)18-6-7-18)24-14-12-16-4-1-3-15-5-2-13-23-20(15)16/h1-5,8-11,13,18H,6-7,12,14H2,(H,24,26)(H,25,27). The van der Waals surface area contributed by atoms with E-state index < -0.39 is 0 Å². The molecule has 1 aromatic heterocycles. The summed E-state index contributed by atoms with van der Waals surface area (Å²) in [5.74, 6) is 0.107. The highest BCUT2D eigenvalue weighted by Gasteiger charge is 2.29. The third kappa shape index (κ3) is 4.14. The van der Waals surface area contributed by atoms with Crippen LogP contribution in [0, 0.1) is 5.92 Å². The molecule has 0 unspecified atom stereocenters. The first-order chi connectivity index (χ1) is 13.2. The second kappa shape index (κ2) is 7.58. The Balaban J connectivity index is 1.33. The molecule has 2 amide bonds. The molecule has 5 heteroatoms. The van der Waals surface area contributed by atoms with Gasteiger partial charge in [-0.2, -0.15) is 0 Å². The third-order valence-corrected chi connectivity index (χ3v) is 4.76. The van der Waals surface area contributed by atoms with Gasteiger partial charge in [0.1, 0.15) is 0 Å². The number of para-hydroxylation sites is 1. The second-order valence-corrected chi connectivity index (χ2v) is 6.84. The van der Waals surface area contributed by atoms with E-state index in [1.807, 2.05) is 30.3 Å². The van der Waals surface area contributed by atoms with E-state index in [1.54, 1.807) is 30.5 Å². The summed E-state index contributed by atoms with van der Waals surface area (Å²) in [6, 6.07) is 17.0. The fraction of sp³-hybridized carbons (Fsp3) is 0.227. The number of pyridine rings is 1. The molecule has 3 aromatic rings. The van der Waals surface area contributed by atoms with Crippen molar-refractivity contribution in [1.82, 2.24) is 10.3 Å². The van der Waals surface area contributed by atoms with E-state index in [0.717, 1.165) is 41.4 Å². The number of fused-ring (bicyclic) bond motifs is 1. The van der Waals surface area contributed by atoms with E-state index >= 15 is 0 Å². The van der Waals surface area contributed by atoms with Crippen molar-refractivity contribution < 1.29 is 9.59 Å². The molecule has 0 aliphatic heterocycles. The normalized spacial score (nSPS) is 13.3. The summed E-state index contributed by atoms with van der Waals surface area (Å²) in [5.41, 5.74) is 3.40. The molecular weight excluding hydrogens is 338 g/mol. The topological polar surface area (TPSA) is 71.1 Å². The number of nitrogens with one attached hydrogen (secondary N) is 2. The highest BCUT2D eigenvalue weighted by molar-refractivity contribution is 5.96. The highest BCUT2D eigenvalue weighted by atomic mass is 16.2. The Hall–Kier alpha value is -3.21. The van der Waals surface area contributed by atoms with Crippen molar-refractivity contribution in [3.8, 4) is 0 Å². The van der Waals surface area contributed by atoms with Gasteiger partial charge < -0.3 is 10.6 Å². The average molecular weight is 359 g/mol. The number of hydrogen-bond donors (Lipinski definition) is 2. The van der Waals surface area contributed by atoms with Crippen molar-refractivity contribution in [2.24, 2.45) is 5.92 Å². The van der Waals surface area contributed by atoms with Crippen molar-refractivity contribution in [3.05, 3.63) is 71.9 Å². The summed E-state index contributed by atoms with van der Waals surface area (Å²) >= 11 is 0. The molecule has 0 spiro atoms. The number of anilines is 1. The fourth-order valence-electron chi connectivity index (χ4n) is 3.08. The van der Waals surface area contributed by atoms with E-state index in [-0.39, 0.29) is 17.7 Å². The van der Waals surface area contributed by atoms with Crippen LogP contribution in [0.3, 0.4) is 0 Å². The number of carbonyl (C=O) groups excluding carboxylic acids is 2. The smallest absolute Gasteiger partial charge is 0.251 e. The fourth-order valence-corrected chi connectivity index (χ4v) is 3.08. The van der Waals surface area contributed by atoms with Crippen LogP contribution in [-0.4, -0.2) is 23.3 Å². The molecule has 1 saturated carbocycles. The van der Waals surface area contributed by atoms with Gasteiger partial charge in [0.25, 0.3) is 5.91 Å². The molecule has 0 radical (unpaired) electrons. The molecule has 2 aromatic carbocycles. The van der Waals surface area contributed by atoms with Gasteiger partial charge >= 0.3 is 0 Å². The molecule has 2 N–H and O–H groups in total. The molecule has 1 fully saturated rings. The van der Waals surface area contributed by atoms with Crippen LogP contribution >= 0.6 is 0 Å². The first-order valence-corrected chi connectivity index (χ1v) is 9.22. The monoisotopic (exact) mass is 359 g/mol. The maximum atomic E-state index is 12.3. The third-order valence-electron chi connectivity index (χ3n) is 4.76. The zero-order valence-corrected chi connectivity index (χ0v) is 14.9. The first-order valence-electron chi connectivity index (χ1n) is 9.22. The molecule has 4 rings (SSSR count). The Kier molecular flexibility index (Phi) is 4.83. The predicted molar refractivity (Wildman–Crippen MR) is 106 cm³/mol. The number of aromatic nitrogens is 1. The van der Waals surface area contributed by atoms with Gasteiger partial charge in [0.15, 0.2) is 0 Å². The quantitative estimate of drug-likeness (QED) is 0.707. The van der Waals surface area contributed by atoms with E-state index in [1.165, 1.54) is 0 Å². The Bertz CT molecular complexity index is 973. The largest absolute Gasteiger partial charge is 0.352 e. The Morgan fingerprint density at radius 2 is 1.78 bits per heavy atom. The minimum absolute atomic E-state index is 0.0656. The molecule has 0 bridgehead atoms. The Labute approximate surface area is 157 Å². The number of hydrogen-bond acceptors (Lipinski definition) is 3. The molecule has 1 aliphatic rings. The van der Waals surface area contributed by atoms with Crippen molar-refractivity contribution >= 4 is 28.4 Å². The van der Waals surface area contributed by atoms with Gasteiger partial charge in [-0.25, -0.2) is 0 Å². The highest BCUT2D eigenvalue weighted by Crippen LogP contribution is 2.30. The van der Waals surface area contributed by atoms with Gasteiger partial charge in [0.2, 0.25) is 5.91 Å². The van der Waals surface area contributed by atoms with Crippen molar-refractivity contribution in [2.75, 3.05) is 11.9 Å². The minimum atomic E-state index is -0.122. The average Bonchev–Trinajstić information content (AvgIpc) is 3.54. The van der Waals surface area contributed by atoms with Crippen LogP contribution in [0.25, 0.3) is 10.9 Å². The summed E-state index contributed by atoms with van der Waals surface area (Å²) < 4.78 is 0. The number of carbonyl (C=O) groups is 2. The molecule has 5 nitrogen and oxygen atoms in total. The number of nitrogens with zero attached hydrogens (tertiary/aromatic N) is 1. The van der Waals surface area contributed by atoms with Crippen LogP contribution in [-0.2, 0) is 11.2 Å². The molecule has 0 atom stereocenters. The zero-order chi connectivity index (χ0) is 18.6. The summed E-state index contributed by atoms with van der Waals surface area (Å²) in [4.78, 5) is 28.5. The summed E-state index contributed by atoms with van der Waals surface area (Å²) in [5, 5.41) is 6.92. The second-order valence-electron chi connectivity index (χ2n) is 6.84. The summed E-state index contributed by atoms with van der Waals surface area (Å²) in [6.45, 7) is 0.536. The lowest BCUT2D eigenvalue weighted by atomic mass is 10.1. The van der Waals surface area contributed by atoms with Crippen LogP contribution in [0.15, 0.2) is 60.8 Å². The molecule has 1 aliphatic carbocycles. The van der Waals surface area contributed by atoms with Gasteiger partial charge in [-0.3, -0.25) is 14.6 Å². The Morgan fingerprint density at radius 1 is 1.00 bits per heavy atom. The van der Waals surface area contributed by atoms with Gasteiger partial charge in [0, 0.05) is 35.3 Å². The minimum Gasteiger partial charge on any atom is -0.352 e. The molecule has 27 heavy (non-hydrogen) atoms. The lowest BCUT2D eigenvalue weighted by Gasteiger charge is -2.08. The zero-order valence-electron chi connectivity index (χ0n) is 14.9. The van der Waals surface area contributed by atoms with E-state index in [0.29, 0.717) is 12.1 Å². The first kappa shape index (κ1) is 17.2. The maximum absolute atomic E-state index is 12.3. The van der Waals surface area contributed by atoms with Crippen LogP contribution in [0.4, 0.5) is 5.69 Å². The van der Waals surface area contributed by atoms with E-state index in [9.17, 15) is 9.59 Å². The number of rotatable bonds is 6. The van der Waals surface area contributed by atoms with Gasteiger partial charge in [-0.15, -0.1) is 0 Å². The number of amides is 2. The maximum Gasteiger partial charge on any atom is 0.251 e.